The average molecular weight is 291 g/mol. The van der Waals surface area contributed by atoms with Crippen molar-refractivity contribution in [2.24, 2.45) is 5.92 Å². The molecule has 0 unspecified atom stereocenters. The van der Waals surface area contributed by atoms with Crippen molar-refractivity contribution < 1.29 is 14.3 Å². The Balaban J connectivity index is 2.71. The second-order valence-corrected chi connectivity index (χ2v) is 5.37. The highest BCUT2D eigenvalue weighted by atomic mass is 35.5. The Morgan fingerprint density at radius 3 is 2.72 bits per heavy atom. The molecule has 1 amide bonds. The lowest BCUT2D eigenvalue weighted by molar-refractivity contribution is -0.113. The van der Waals surface area contributed by atoms with E-state index in [0.29, 0.717) is 22.3 Å². The van der Waals surface area contributed by atoms with Crippen LogP contribution in [0.15, 0.2) is 0 Å². The molecule has 1 aromatic heterocycles. The highest BCUT2D eigenvalue weighted by Gasteiger charge is 2.17. The number of aromatic nitrogens is 1. The summed E-state index contributed by atoms with van der Waals surface area (Å²) in [4.78, 5) is 27.3. The first-order valence-electron chi connectivity index (χ1n) is 5.44. The van der Waals surface area contributed by atoms with Crippen LogP contribution in [0.4, 0.5) is 5.13 Å². The van der Waals surface area contributed by atoms with Gasteiger partial charge in [-0.1, -0.05) is 25.2 Å². The van der Waals surface area contributed by atoms with Crippen molar-refractivity contribution in [1.29, 1.82) is 0 Å². The summed E-state index contributed by atoms with van der Waals surface area (Å²) >= 11 is 6.46. The molecule has 0 saturated carbocycles. The SMILES string of the molecule is Cc1nc(NC(=O)CCl)sc1C(=O)OCC(C)C. The lowest BCUT2D eigenvalue weighted by Gasteiger charge is -2.05. The number of esters is 1. The second-order valence-electron chi connectivity index (χ2n) is 4.11. The minimum atomic E-state index is -0.412. The molecule has 5 nitrogen and oxygen atoms in total. The molecular formula is C11H15ClN2O3S. The largest absolute Gasteiger partial charge is 0.461 e. The van der Waals surface area contributed by atoms with Gasteiger partial charge in [-0.25, -0.2) is 9.78 Å². The predicted octanol–water partition coefficient (Wildman–Crippen LogP) is 2.44. The summed E-state index contributed by atoms with van der Waals surface area (Å²) in [6, 6.07) is 0. The third kappa shape index (κ3) is 4.27. The van der Waals surface area contributed by atoms with Crippen LogP contribution in [0.2, 0.25) is 0 Å². The van der Waals surface area contributed by atoms with Gasteiger partial charge in [-0.3, -0.25) is 4.79 Å². The minimum Gasteiger partial charge on any atom is -0.461 e. The third-order valence-electron chi connectivity index (χ3n) is 1.90. The molecule has 100 valence electrons. The summed E-state index contributed by atoms with van der Waals surface area (Å²) in [5, 5.41) is 2.86. The second kappa shape index (κ2) is 6.70. The van der Waals surface area contributed by atoms with Gasteiger partial charge >= 0.3 is 5.97 Å². The number of carbonyl (C=O) groups is 2. The average Bonchev–Trinajstić information content (AvgIpc) is 2.66. The number of halogens is 1. The lowest BCUT2D eigenvalue weighted by atomic mass is 10.2. The van der Waals surface area contributed by atoms with Gasteiger partial charge in [0.25, 0.3) is 0 Å². The van der Waals surface area contributed by atoms with Gasteiger partial charge in [-0.2, -0.15) is 0 Å². The van der Waals surface area contributed by atoms with E-state index in [1.807, 2.05) is 13.8 Å². The van der Waals surface area contributed by atoms with E-state index in [2.05, 4.69) is 10.3 Å². The fourth-order valence-corrected chi connectivity index (χ4v) is 2.04. The summed E-state index contributed by atoms with van der Waals surface area (Å²) in [5.74, 6) is -0.638. The number of hydrogen-bond acceptors (Lipinski definition) is 5. The predicted molar refractivity (Wildman–Crippen MR) is 71.3 cm³/mol. The molecule has 0 aliphatic carbocycles. The van der Waals surface area contributed by atoms with Crippen molar-refractivity contribution in [3.8, 4) is 0 Å². The van der Waals surface area contributed by atoms with Crippen molar-refractivity contribution in [3.05, 3.63) is 10.6 Å². The van der Waals surface area contributed by atoms with Gasteiger partial charge in [0.15, 0.2) is 5.13 Å². The molecule has 0 bridgehead atoms. The minimum absolute atomic E-state index is 0.147. The van der Waals surface area contributed by atoms with Gasteiger partial charge in [0, 0.05) is 0 Å². The summed E-state index contributed by atoms with van der Waals surface area (Å²) in [5.41, 5.74) is 0.540. The number of thiazole rings is 1. The van der Waals surface area contributed by atoms with Crippen LogP contribution < -0.4 is 5.32 Å². The number of nitrogens with one attached hydrogen (secondary N) is 1. The highest BCUT2D eigenvalue weighted by molar-refractivity contribution is 7.17. The van der Waals surface area contributed by atoms with Gasteiger partial charge in [-0.15, -0.1) is 11.6 Å². The zero-order valence-corrected chi connectivity index (χ0v) is 12.0. The summed E-state index contributed by atoms with van der Waals surface area (Å²) in [6.45, 7) is 5.97. The fourth-order valence-electron chi connectivity index (χ4n) is 1.10. The molecule has 0 aromatic carbocycles. The molecule has 0 radical (unpaired) electrons. The topological polar surface area (TPSA) is 68.3 Å². The molecule has 0 atom stereocenters. The summed E-state index contributed by atoms with van der Waals surface area (Å²) in [7, 11) is 0. The van der Waals surface area contributed by atoms with Crippen LogP contribution in [0.1, 0.15) is 29.2 Å². The fraction of sp³-hybridized carbons (Fsp3) is 0.545. The maximum atomic E-state index is 11.7. The van der Waals surface area contributed by atoms with Crippen LogP contribution in [0.5, 0.6) is 0 Å². The number of alkyl halides is 1. The normalized spacial score (nSPS) is 10.5. The smallest absolute Gasteiger partial charge is 0.350 e. The quantitative estimate of drug-likeness (QED) is 0.668. The maximum absolute atomic E-state index is 11.7. The Morgan fingerprint density at radius 1 is 1.50 bits per heavy atom. The number of aryl methyl sites for hydroxylation is 1. The Bertz CT molecular complexity index is 445. The van der Waals surface area contributed by atoms with E-state index in [-0.39, 0.29) is 17.7 Å². The van der Waals surface area contributed by atoms with Gasteiger partial charge < -0.3 is 10.1 Å². The first kappa shape index (κ1) is 14.9. The summed E-state index contributed by atoms with van der Waals surface area (Å²) < 4.78 is 5.11. The number of hydrogen-bond donors (Lipinski definition) is 1. The van der Waals surface area contributed by atoms with Crippen molar-refractivity contribution >= 4 is 39.9 Å². The Morgan fingerprint density at radius 2 is 2.17 bits per heavy atom. The zero-order chi connectivity index (χ0) is 13.7. The van der Waals surface area contributed by atoms with Crippen molar-refractivity contribution in [3.63, 3.8) is 0 Å². The van der Waals surface area contributed by atoms with E-state index in [0.717, 1.165) is 11.3 Å². The summed E-state index contributed by atoms with van der Waals surface area (Å²) in [6.07, 6.45) is 0. The number of amides is 1. The monoisotopic (exact) mass is 290 g/mol. The van der Waals surface area contributed by atoms with Crippen LogP contribution in [0.25, 0.3) is 0 Å². The first-order valence-corrected chi connectivity index (χ1v) is 6.79. The van der Waals surface area contributed by atoms with E-state index >= 15 is 0 Å². The standard InChI is InChI=1S/C11H15ClN2O3S/c1-6(2)5-17-10(16)9-7(3)13-11(18-9)14-8(15)4-12/h6H,4-5H2,1-3H3,(H,13,14,15). The van der Waals surface area contributed by atoms with Crippen LogP contribution in [0, 0.1) is 12.8 Å². The van der Waals surface area contributed by atoms with Crippen molar-refractivity contribution in [1.82, 2.24) is 4.98 Å². The molecule has 0 fully saturated rings. The molecule has 0 aliphatic heterocycles. The number of ether oxygens (including phenoxy) is 1. The molecule has 0 spiro atoms. The first-order chi connectivity index (χ1) is 8.43. The van der Waals surface area contributed by atoms with Gasteiger partial charge in [-0.05, 0) is 12.8 Å². The molecule has 0 saturated heterocycles. The van der Waals surface area contributed by atoms with Crippen molar-refractivity contribution in [2.75, 3.05) is 17.8 Å². The number of rotatable bonds is 5. The van der Waals surface area contributed by atoms with E-state index in [1.165, 1.54) is 0 Å². The number of anilines is 1. The third-order valence-corrected chi connectivity index (χ3v) is 3.19. The molecule has 1 rings (SSSR count). The highest BCUT2D eigenvalue weighted by Crippen LogP contribution is 2.23. The van der Waals surface area contributed by atoms with E-state index in [4.69, 9.17) is 16.3 Å². The molecule has 1 N–H and O–H groups in total. The Kier molecular flexibility index (Phi) is 5.55. The molecule has 1 aromatic rings. The van der Waals surface area contributed by atoms with Gasteiger partial charge in [0.2, 0.25) is 5.91 Å². The molecule has 1 heterocycles. The number of nitrogens with zero attached hydrogens (tertiary/aromatic N) is 1. The Labute approximate surface area is 115 Å². The lowest BCUT2D eigenvalue weighted by Crippen LogP contribution is -2.12. The molecular weight excluding hydrogens is 276 g/mol. The van der Waals surface area contributed by atoms with Crippen LogP contribution >= 0.6 is 22.9 Å². The van der Waals surface area contributed by atoms with Gasteiger partial charge in [0.1, 0.15) is 10.8 Å². The van der Waals surface area contributed by atoms with E-state index in [9.17, 15) is 9.59 Å². The maximum Gasteiger partial charge on any atom is 0.350 e. The van der Waals surface area contributed by atoms with E-state index < -0.39 is 5.97 Å². The Hall–Kier alpha value is -1.14. The van der Waals surface area contributed by atoms with Crippen molar-refractivity contribution in [2.45, 2.75) is 20.8 Å². The van der Waals surface area contributed by atoms with Gasteiger partial charge in [0.05, 0.1) is 12.3 Å². The zero-order valence-electron chi connectivity index (χ0n) is 10.4. The van der Waals surface area contributed by atoms with Crippen LogP contribution in [0.3, 0.4) is 0 Å². The molecule has 0 aliphatic rings. The number of carbonyl (C=O) groups excluding carboxylic acids is 2. The van der Waals surface area contributed by atoms with E-state index in [1.54, 1.807) is 6.92 Å². The van der Waals surface area contributed by atoms with Crippen LogP contribution in [-0.4, -0.2) is 29.3 Å². The molecule has 7 heteroatoms. The molecule has 18 heavy (non-hydrogen) atoms. The van der Waals surface area contributed by atoms with Crippen LogP contribution in [-0.2, 0) is 9.53 Å².